The van der Waals surface area contributed by atoms with Gasteiger partial charge in [0.2, 0.25) is 0 Å². The maximum Gasteiger partial charge on any atom is 0.291 e. The van der Waals surface area contributed by atoms with Gasteiger partial charge in [0, 0.05) is 30.8 Å². The molecule has 0 aliphatic rings. The Hall–Kier alpha value is -3.26. The van der Waals surface area contributed by atoms with Gasteiger partial charge in [-0.1, -0.05) is 30.3 Å². The second-order valence-electron chi connectivity index (χ2n) is 6.26. The summed E-state index contributed by atoms with van der Waals surface area (Å²) in [6.45, 7) is 0.429. The van der Waals surface area contributed by atoms with Crippen molar-refractivity contribution in [1.29, 1.82) is 5.41 Å². The van der Waals surface area contributed by atoms with Crippen LogP contribution in [0.15, 0.2) is 53.1 Å². The van der Waals surface area contributed by atoms with Crippen molar-refractivity contribution in [2.75, 3.05) is 0 Å². The Kier molecular flexibility index (Phi) is 4.33. The SMILES string of the molecule is Cn1c2nc(CC(N)=CC=N)sc2c2cnn(Cc3ccccc3)c(=O)c21. The van der Waals surface area contributed by atoms with E-state index in [2.05, 4.69) is 10.1 Å². The first-order chi connectivity index (χ1) is 13.1. The number of aryl methyl sites for hydroxylation is 1. The third-order valence-electron chi connectivity index (χ3n) is 4.40. The monoisotopic (exact) mass is 378 g/mol. The lowest BCUT2D eigenvalue weighted by atomic mass is 10.2. The van der Waals surface area contributed by atoms with Gasteiger partial charge in [0.15, 0.2) is 5.65 Å². The second-order valence-corrected chi connectivity index (χ2v) is 7.34. The van der Waals surface area contributed by atoms with Crippen LogP contribution < -0.4 is 11.3 Å². The van der Waals surface area contributed by atoms with Gasteiger partial charge in [-0.15, -0.1) is 11.3 Å². The average Bonchev–Trinajstić information content (AvgIpc) is 3.17. The summed E-state index contributed by atoms with van der Waals surface area (Å²) in [6.07, 6.45) is 4.93. The Bertz CT molecular complexity index is 1230. The lowest BCUT2D eigenvalue weighted by molar-refractivity contribution is 0.644. The molecule has 0 aliphatic heterocycles. The molecular formula is C19H18N6OS. The van der Waals surface area contributed by atoms with E-state index in [0.29, 0.717) is 24.2 Å². The maximum atomic E-state index is 13.0. The van der Waals surface area contributed by atoms with E-state index in [9.17, 15) is 4.79 Å². The molecule has 0 fully saturated rings. The highest BCUT2D eigenvalue weighted by Crippen LogP contribution is 2.31. The third-order valence-corrected chi connectivity index (χ3v) is 5.48. The van der Waals surface area contributed by atoms with Crippen LogP contribution in [0.4, 0.5) is 0 Å². The Morgan fingerprint density at radius 1 is 1.33 bits per heavy atom. The largest absolute Gasteiger partial charge is 0.402 e. The number of nitrogens with two attached hydrogens (primary N) is 1. The molecule has 3 heterocycles. The van der Waals surface area contributed by atoms with Crippen molar-refractivity contribution in [3.05, 3.63) is 69.2 Å². The molecule has 7 nitrogen and oxygen atoms in total. The molecule has 0 saturated carbocycles. The number of aromatic nitrogens is 4. The number of hydrogen-bond acceptors (Lipinski definition) is 6. The van der Waals surface area contributed by atoms with Gasteiger partial charge < -0.3 is 15.7 Å². The molecule has 136 valence electrons. The molecule has 4 rings (SSSR count). The number of allylic oxidation sites excluding steroid dienone is 2. The Morgan fingerprint density at radius 2 is 2.11 bits per heavy atom. The summed E-state index contributed by atoms with van der Waals surface area (Å²) in [7, 11) is 1.85. The zero-order valence-electron chi connectivity index (χ0n) is 14.7. The molecule has 3 N–H and O–H groups in total. The Labute approximate surface area is 158 Å². The molecule has 0 bridgehead atoms. The number of fused-ring (bicyclic) bond motifs is 3. The van der Waals surface area contributed by atoms with Crippen molar-refractivity contribution in [2.45, 2.75) is 13.0 Å². The highest BCUT2D eigenvalue weighted by molar-refractivity contribution is 7.19. The molecule has 0 aliphatic carbocycles. The standard InChI is InChI=1S/C19H18N6OS/c1-24-16-14(17-18(24)23-15(27-17)9-13(21)7-8-20)10-22-25(19(16)26)11-12-5-3-2-4-6-12/h2-8,10,20H,9,11,21H2,1H3. The molecule has 0 radical (unpaired) electrons. The van der Waals surface area contributed by atoms with Crippen molar-refractivity contribution in [1.82, 2.24) is 19.3 Å². The topological polar surface area (TPSA) is 103 Å². The van der Waals surface area contributed by atoms with Gasteiger partial charge in [-0.3, -0.25) is 4.79 Å². The Balaban J connectivity index is 1.80. The van der Waals surface area contributed by atoms with E-state index >= 15 is 0 Å². The molecule has 0 spiro atoms. The molecule has 0 atom stereocenters. The molecule has 4 aromatic rings. The lowest BCUT2D eigenvalue weighted by Gasteiger charge is -2.05. The van der Waals surface area contributed by atoms with Crippen LogP contribution in [0.2, 0.25) is 0 Å². The van der Waals surface area contributed by atoms with Gasteiger partial charge >= 0.3 is 0 Å². The number of nitrogens with zero attached hydrogens (tertiary/aromatic N) is 4. The summed E-state index contributed by atoms with van der Waals surface area (Å²) in [4.78, 5) is 17.6. The quantitative estimate of drug-likeness (QED) is 0.521. The van der Waals surface area contributed by atoms with Crippen LogP contribution in [0.25, 0.3) is 21.3 Å². The van der Waals surface area contributed by atoms with E-state index in [1.54, 1.807) is 12.3 Å². The molecular weight excluding hydrogens is 360 g/mol. The summed E-state index contributed by atoms with van der Waals surface area (Å²) < 4.78 is 4.24. The molecule has 0 unspecified atom stereocenters. The van der Waals surface area contributed by atoms with Crippen LogP contribution in [0.5, 0.6) is 0 Å². The summed E-state index contributed by atoms with van der Waals surface area (Å²) in [5, 5.41) is 13.1. The molecule has 8 heteroatoms. The van der Waals surface area contributed by atoms with Crippen LogP contribution in [-0.4, -0.2) is 25.5 Å². The first kappa shape index (κ1) is 17.2. The van der Waals surface area contributed by atoms with Gasteiger partial charge in [-0.05, 0) is 11.6 Å². The first-order valence-corrected chi connectivity index (χ1v) is 9.23. The third kappa shape index (κ3) is 3.04. The second kappa shape index (κ2) is 6.81. The van der Waals surface area contributed by atoms with Crippen molar-refractivity contribution >= 4 is 38.8 Å². The lowest BCUT2D eigenvalue weighted by Crippen LogP contribution is -2.24. The smallest absolute Gasteiger partial charge is 0.291 e. The number of nitrogens with one attached hydrogen (secondary N) is 1. The van der Waals surface area contributed by atoms with Crippen LogP contribution >= 0.6 is 11.3 Å². The minimum atomic E-state index is -0.131. The number of thiazole rings is 1. The van der Waals surface area contributed by atoms with Crippen LogP contribution in [0, 0.1) is 5.41 Å². The van der Waals surface area contributed by atoms with E-state index in [1.807, 2.05) is 41.9 Å². The van der Waals surface area contributed by atoms with Gasteiger partial charge in [-0.2, -0.15) is 5.10 Å². The molecule has 27 heavy (non-hydrogen) atoms. The molecule has 1 aromatic carbocycles. The van der Waals surface area contributed by atoms with Crippen LogP contribution in [0.1, 0.15) is 10.6 Å². The van der Waals surface area contributed by atoms with E-state index in [0.717, 1.165) is 32.5 Å². The highest BCUT2D eigenvalue weighted by atomic mass is 32.1. The fourth-order valence-corrected chi connectivity index (χ4v) is 4.26. The van der Waals surface area contributed by atoms with Gasteiger partial charge in [-0.25, -0.2) is 9.67 Å². The predicted octanol–water partition coefficient (Wildman–Crippen LogP) is 2.43. The molecule has 3 aromatic heterocycles. The zero-order chi connectivity index (χ0) is 19.0. The maximum absolute atomic E-state index is 13.0. The van der Waals surface area contributed by atoms with Crippen molar-refractivity contribution in [3.8, 4) is 0 Å². The molecule has 0 amide bonds. The normalized spacial score (nSPS) is 12.1. The number of rotatable bonds is 5. The summed E-state index contributed by atoms with van der Waals surface area (Å²) in [5.41, 5.74) is 8.71. The Morgan fingerprint density at radius 3 is 2.85 bits per heavy atom. The zero-order valence-corrected chi connectivity index (χ0v) is 15.5. The molecule has 0 saturated heterocycles. The van der Waals surface area contributed by atoms with E-state index in [4.69, 9.17) is 11.1 Å². The minimum Gasteiger partial charge on any atom is -0.402 e. The summed E-state index contributed by atoms with van der Waals surface area (Å²) in [6, 6.07) is 9.79. The van der Waals surface area contributed by atoms with Gasteiger partial charge in [0.1, 0.15) is 10.5 Å². The first-order valence-electron chi connectivity index (χ1n) is 8.41. The fourth-order valence-electron chi connectivity index (χ4n) is 3.12. The van der Waals surface area contributed by atoms with Crippen LogP contribution in [-0.2, 0) is 20.0 Å². The van der Waals surface area contributed by atoms with Crippen LogP contribution in [0.3, 0.4) is 0 Å². The number of benzene rings is 1. The van der Waals surface area contributed by atoms with Crippen molar-refractivity contribution in [3.63, 3.8) is 0 Å². The van der Waals surface area contributed by atoms with E-state index in [1.165, 1.54) is 16.0 Å². The van der Waals surface area contributed by atoms with Crippen molar-refractivity contribution in [2.24, 2.45) is 12.8 Å². The fraction of sp³-hybridized carbons (Fsp3) is 0.158. The van der Waals surface area contributed by atoms with Crippen molar-refractivity contribution < 1.29 is 0 Å². The van der Waals surface area contributed by atoms with E-state index in [-0.39, 0.29) is 5.56 Å². The average molecular weight is 378 g/mol. The van der Waals surface area contributed by atoms with Gasteiger partial charge in [0.05, 0.1) is 17.4 Å². The predicted molar refractivity (Wildman–Crippen MR) is 108 cm³/mol. The summed E-state index contributed by atoms with van der Waals surface area (Å²) >= 11 is 1.50. The minimum absolute atomic E-state index is 0.131. The highest BCUT2D eigenvalue weighted by Gasteiger charge is 2.18. The number of hydrogen-bond donors (Lipinski definition) is 2. The van der Waals surface area contributed by atoms with E-state index < -0.39 is 0 Å². The summed E-state index contributed by atoms with van der Waals surface area (Å²) in [5.74, 6) is 0. The van der Waals surface area contributed by atoms with Gasteiger partial charge in [0.25, 0.3) is 5.56 Å².